The molecular weight excluding hydrogens is 339 g/mol. The number of hydrogen-bond donors (Lipinski definition) is 2. The number of nitrogens with zero attached hydrogens (tertiary/aromatic N) is 1. The molecular formula is C19H23FN2O2S. The SMILES string of the molecule is Cc1ccsc1C(=O)NCCN1CCC(O)(c2cccc(F)c2)CC1. The van der Waals surface area contributed by atoms with Gasteiger partial charge < -0.3 is 15.3 Å². The lowest BCUT2D eigenvalue weighted by Gasteiger charge is -2.38. The maximum atomic E-state index is 13.4. The molecule has 2 N–H and O–H groups in total. The Kier molecular flexibility index (Phi) is 5.51. The van der Waals surface area contributed by atoms with E-state index in [1.807, 2.05) is 18.4 Å². The van der Waals surface area contributed by atoms with Crippen LogP contribution in [0.3, 0.4) is 0 Å². The van der Waals surface area contributed by atoms with Crippen molar-refractivity contribution in [1.29, 1.82) is 0 Å². The first-order valence-electron chi connectivity index (χ1n) is 8.51. The molecule has 3 rings (SSSR count). The molecule has 1 amide bonds. The van der Waals surface area contributed by atoms with Gasteiger partial charge in [0.2, 0.25) is 0 Å². The van der Waals surface area contributed by atoms with Gasteiger partial charge in [-0.15, -0.1) is 11.3 Å². The smallest absolute Gasteiger partial charge is 0.261 e. The van der Waals surface area contributed by atoms with Crippen molar-refractivity contribution in [3.63, 3.8) is 0 Å². The Balaban J connectivity index is 1.46. The molecule has 1 aliphatic rings. The summed E-state index contributed by atoms with van der Waals surface area (Å²) in [6, 6.07) is 8.16. The average molecular weight is 362 g/mol. The molecule has 134 valence electrons. The topological polar surface area (TPSA) is 52.6 Å². The fraction of sp³-hybridized carbons (Fsp3) is 0.421. The third kappa shape index (κ3) is 4.26. The quantitative estimate of drug-likeness (QED) is 0.860. The normalized spacial score (nSPS) is 17.4. The summed E-state index contributed by atoms with van der Waals surface area (Å²) in [6.45, 7) is 4.70. The summed E-state index contributed by atoms with van der Waals surface area (Å²) in [4.78, 5) is 15.1. The van der Waals surface area contributed by atoms with E-state index in [9.17, 15) is 14.3 Å². The molecule has 4 nitrogen and oxygen atoms in total. The van der Waals surface area contributed by atoms with Gasteiger partial charge in [0, 0.05) is 26.2 Å². The number of amides is 1. The summed E-state index contributed by atoms with van der Waals surface area (Å²) in [5.41, 5.74) is 0.685. The second-order valence-electron chi connectivity index (χ2n) is 6.57. The molecule has 1 aromatic carbocycles. The zero-order valence-corrected chi connectivity index (χ0v) is 15.1. The van der Waals surface area contributed by atoms with Crippen molar-refractivity contribution in [2.75, 3.05) is 26.2 Å². The van der Waals surface area contributed by atoms with Crippen LogP contribution in [0.1, 0.15) is 33.6 Å². The number of piperidine rings is 1. The summed E-state index contributed by atoms with van der Waals surface area (Å²) in [6.07, 6.45) is 1.13. The molecule has 1 saturated heterocycles. The molecule has 0 saturated carbocycles. The average Bonchev–Trinajstić information content (AvgIpc) is 3.03. The number of nitrogens with one attached hydrogen (secondary N) is 1. The number of likely N-dealkylation sites (tertiary alicyclic amines) is 1. The number of aliphatic hydroxyl groups is 1. The van der Waals surface area contributed by atoms with Crippen LogP contribution in [0, 0.1) is 12.7 Å². The fourth-order valence-corrected chi connectivity index (χ4v) is 4.07. The van der Waals surface area contributed by atoms with E-state index in [0.717, 1.165) is 30.1 Å². The molecule has 0 atom stereocenters. The number of rotatable bonds is 5. The van der Waals surface area contributed by atoms with Crippen molar-refractivity contribution in [2.24, 2.45) is 0 Å². The molecule has 1 aromatic heterocycles. The van der Waals surface area contributed by atoms with Gasteiger partial charge in [0.05, 0.1) is 10.5 Å². The van der Waals surface area contributed by atoms with Crippen molar-refractivity contribution in [3.05, 3.63) is 57.5 Å². The van der Waals surface area contributed by atoms with E-state index in [1.54, 1.807) is 12.1 Å². The van der Waals surface area contributed by atoms with Gasteiger partial charge in [0.25, 0.3) is 5.91 Å². The van der Waals surface area contributed by atoms with Crippen LogP contribution < -0.4 is 5.32 Å². The number of thiophene rings is 1. The first-order chi connectivity index (χ1) is 12.0. The summed E-state index contributed by atoms with van der Waals surface area (Å²) >= 11 is 1.45. The molecule has 1 aliphatic heterocycles. The van der Waals surface area contributed by atoms with Crippen molar-refractivity contribution in [1.82, 2.24) is 10.2 Å². The van der Waals surface area contributed by atoms with E-state index in [1.165, 1.54) is 23.5 Å². The van der Waals surface area contributed by atoms with Crippen LogP contribution in [0.15, 0.2) is 35.7 Å². The maximum absolute atomic E-state index is 13.4. The Hall–Kier alpha value is -1.76. The fourth-order valence-electron chi connectivity index (χ4n) is 3.23. The zero-order chi connectivity index (χ0) is 17.9. The Morgan fingerprint density at radius 3 is 2.76 bits per heavy atom. The van der Waals surface area contributed by atoms with Gasteiger partial charge in [0.15, 0.2) is 0 Å². The summed E-state index contributed by atoms with van der Waals surface area (Å²) < 4.78 is 13.4. The number of halogens is 1. The molecule has 0 unspecified atom stereocenters. The molecule has 25 heavy (non-hydrogen) atoms. The third-order valence-corrected chi connectivity index (χ3v) is 5.84. The lowest BCUT2D eigenvalue weighted by atomic mass is 9.84. The molecule has 0 spiro atoms. The maximum Gasteiger partial charge on any atom is 0.261 e. The summed E-state index contributed by atoms with van der Waals surface area (Å²) in [5.74, 6) is -0.347. The van der Waals surface area contributed by atoms with Crippen LogP contribution in [0.5, 0.6) is 0 Å². The van der Waals surface area contributed by atoms with Crippen molar-refractivity contribution >= 4 is 17.2 Å². The number of benzene rings is 1. The van der Waals surface area contributed by atoms with Crippen LogP contribution in [0.2, 0.25) is 0 Å². The predicted molar refractivity (Wildman–Crippen MR) is 97.4 cm³/mol. The van der Waals surface area contributed by atoms with E-state index in [-0.39, 0.29) is 11.7 Å². The van der Waals surface area contributed by atoms with E-state index in [0.29, 0.717) is 24.9 Å². The van der Waals surface area contributed by atoms with Gasteiger partial charge in [-0.2, -0.15) is 0 Å². The Morgan fingerprint density at radius 2 is 2.12 bits per heavy atom. The lowest BCUT2D eigenvalue weighted by molar-refractivity contribution is -0.0257. The molecule has 0 bridgehead atoms. The molecule has 6 heteroatoms. The second-order valence-corrected chi connectivity index (χ2v) is 7.49. The highest BCUT2D eigenvalue weighted by molar-refractivity contribution is 7.12. The van der Waals surface area contributed by atoms with Crippen LogP contribution in [0.25, 0.3) is 0 Å². The van der Waals surface area contributed by atoms with E-state index in [2.05, 4.69) is 10.2 Å². The van der Waals surface area contributed by atoms with Gasteiger partial charge in [-0.3, -0.25) is 4.79 Å². The third-order valence-electron chi connectivity index (χ3n) is 4.83. The number of hydrogen-bond acceptors (Lipinski definition) is 4. The van der Waals surface area contributed by atoms with Crippen LogP contribution >= 0.6 is 11.3 Å². The highest BCUT2D eigenvalue weighted by atomic mass is 32.1. The minimum atomic E-state index is -0.962. The van der Waals surface area contributed by atoms with Crippen LogP contribution in [0.4, 0.5) is 4.39 Å². The van der Waals surface area contributed by atoms with Gasteiger partial charge in [-0.25, -0.2) is 4.39 Å². The Labute approximate surface area is 151 Å². The molecule has 2 heterocycles. The first-order valence-corrected chi connectivity index (χ1v) is 9.39. The minimum Gasteiger partial charge on any atom is -0.385 e. The molecule has 0 radical (unpaired) electrons. The van der Waals surface area contributed by atoms with Crippen LogP contribution in [-0.2, 0) is 5.60 Å². The van der Waals surface area contributed by atoms with Crippen LogP contribution in [-0.4, -0.2) is 42.1 Å². The number of aryl methyl sites for hydroxylation is 1. The van der Waals surface area contributed by atoms with Gasteiger partial charge in [-0.05, 0) is 54.5 Å². The minimum absolute atomic E-state index is 0.0271. The van der Waals surface area contributed by atoms with E-state index in [4.69, 9.17) is 0 Å². The number of carbonyl (C=O) groups is 1. The van der Waals surface area contributed by atoms with Crippen molar-refractivity contribution in [2.45, 2.75) is 25.4 Å². The largest absolute Gasteiger partial charge is 0.385 e. The molecule has 2 aromatic rings. The highest BCUT2D eigenvalue weighted by Crippen LogP contribution is 2.32. The summed E-state index contributed by atoms with van der Waals surface area (Å²) in [5, 5.41) is 15.7. The highest BCUT2D eigenvalue weighted by Gasteiger charge is 2.34. The molecule has 0 aliphatic carbocycles. The monoisotopic (exact) mass is 362 g/mol. The van der Waals surface area contributed by atoms with Gasteiger partial charge in [-0.1, -0.05) is 12.1 Å². The zero-order valence-electron chi connectivity index (χ0n) is 14.3. The summed E-state index contributed by atoms with van der Waals surface area (Å²) in [7, 11) is 0. The van der Waals surface area contributed by atoms with E-state index >= 15 is 0 Å². The van der Waals surface area contributed by atoms with Gasteiger partial charge >= 0.3 is 0 Å². The molecule has 1 fully saturated rings. The van der Waals surface area contributed by atoms with Gasteiger partial charge in [0.1, 0.15) is 5.82 Å². The Morgan fingerprint density at radius 1 is 1.36 bits per heavy atom. The second kappa shape index (κ2) is 7.64. The van der Waals surface area contributed by atoms with Crippen molar-refractivity contribution < 1.29 is 14.3 Å². The Bertz CT molecular complexity index is 739. The van der Waals surface area contributed by atoms with E-state index < -0.39 is 5.60 Å². The first kappa shape index (κ1) is 18.0. The standard InChI is InChI=1S/C19H23FN2O2S/c1-14-5-12-25-17(14)18(23)21-8-11-22-9-6-19(24,7-10-22)15-3-2-4-16(20)13-15/h2-5,12-13,24H,6-11H2,1H3,(H,21,23). The lowest BCUT2D eigenvalue weighted by Crippen LogP contribution is -2.45. The number of carbonyl (C=O) groups excluding carboxylic acids is 1. The predicted octanol–water partition coefficient (Wildman–Crippen LogP) is 2.91. The van der Waals surface area contributed by atoms with Crippen molar-refractivity contribution in [3.8, 4) is 0 Å².